The molecule has 1 aliphatic rings. The van der Waals surface area contributed by atoms with Crippen LogP contribution < -0.4 is 10.1 Å². The first-order valence-electron chi connectivity index (χ1n) is 7.02. The number of aliphatic carboxylic acids is 1. The molecule has 124 valence electrons. The van der Waals surface area contributed by atoms with Gasteiger partial charge in [0, 0.05) is 24.2 Å². The fourth-order valence-electron chi connectivity index (χ4n) is 2.90. The van der Waals surface area contributed by atoms with Crippen molar-refractivity contribution in [3.05, 3.63) is 33.9 Å². The molecule has 8 nitrogen and oxygen atoms in total. The van der Waals surface area contributed by atoms with Gasteiger partial charge in [0.05, 0.1) is 23.9 Å². The third-order valence-corrected chi connectivity index (χ3v) is 4.30. The number of nitro benzene ring substituents is 1. The molecule has 1 aromatic carbocycles. The lowest BCUT2D eigenvalue weighted by molar-refractivity contribution is -0.384. The van der Waals surface area contributed by atoms with Gasteiger partial charge in [-0.2, -0.15) is 0 Å². The van der Waals surface area contributed by atoms with Crippen molar-refractivity contribution in [2.24, 2.45) is 17.3 Å². The molecular weight excluding hydrogens is 304 g/mol. The van der Waals surface area contributed by atoms with Crippen molar-refractivity contribution in [2.45, 2.75) is 20.4 Å². The number of benzene rings is 1. The van der Waals surface area contributed by atoms with Gasteiger partial charge in [-0.25, -0.2) is 0 Å². The van der Waals surface area contributed by atoms with Gasteiger partial charge in [-0.05, 0) is 11.5 Å². The minimum Gasteiger partial charge on any atom is -0.496 e. The van der Waals surface area contributed by atoms with E-state index in [0.29, 0.717) is 11.3 Å². The Labute approximate surface area is 132 Å². The molecule has 1 aromatic rings. The van der Waals surface area contributed by atoms with Crippen molar-refractivity contribution in [2.75, 3.05) is 7.11 Å². The van der Waals surface area contributed by atoms with E-state index in [1.54, 1.807) is 13.8 Å². The molecule has 0 unspecified atom stereocenters. The summed E-state index contributed by atoms with van der Waals surface area (Å²) in [5.41, 5.74) is -0.242. The van der Waals surface area contributed by atoms with Crippen LogP contribution in [0.4, 0.5) is 5.69 Å². The van der Waals surface area contributed by atoms with Crippen molar-refractivity contribution in [3.8, 4) is 5.75 Å². The molecule has 8 heteroatoms. The zero-order chi connectivity index (χ0) is 17.4. The molecular formula is C15H18N2O6. The van der Waals surface area contributed by atoms with Gasteiger partial charge in [-0.3, -0.25) is 19.7 Å². The highest BCUT2D eigenvalue weighted by Gasteiger charge is 2.65. The van der Waals surface area contributed by atoms with Crippen LogP contribution in [0.1, 0.15) is 19.4 Å². The molecule has 1 fully saturated rings. The third-order valence-electron chi connectivity index (χ3n) is 4.30. The molecule has 0 bridgehead atoms. The van der Waals surface area contributed by atoms with Gasteiger partial charge in [-0.15, -0.1) is 0 Å². The van der Waals surface area contributed by atoms with E-state index >= 15 is 0 Å². The van der Waals surface area contributed by atoms with Crippen molar-refractivity contribution in [1.82, 2.24) is 5.32 Å². The molecule has 0 heterocycles. The van der Waals surface area contributed by atoms with Crippen LogP contribution in [-0.4, -0.2) is 29.0 Å². The number of carbonyl (C=O) groups is 2. The van der Waals surface area contributed by atoms with Gasteiger partial charge in [0.25, 0.3) is 5.69 Å². The number of carbonyl (C=O) groups excluding carboxylic acids is 1. The number of non-ortho nitro benzene ring substituents is 1. The Morgan fingerprint density at radius 3 is 2.52 bits per heavy atom. The summed E-state index contributed by atoms with van der Waals surface area (Å²) >= 11 is 0. The van der Waals surface area contributed by atoms with E-state index in [9.17, 15) is 19.7 Å². The van der Waals surface area contributed by atoms with Crippen LogP contribution in [0.15, 0.2) is 18.2 Å². The number of amides is 1. The number of nitro groups is 1. The number of nitrogens with zero attached hydrogens (tertiary/aromatic N) is 1. The highest BCUT2D eigenvalue weighted by molar-refractivity contribution is 5.91. The number of carboxylic acid groups (broad SMARTS) is 1. The summed E-state index contributed by atoms with van der Waals surface area (Å²) in [6.45, 7) is 3.48. The van der Waals surface area contributed by atoms with Crippen LogP contribution >= 0.6 is 0 Å². The maximum absolute atomic E-state index is 12.2. The second-order valence-electron chi connectivity index (χ2n) is 6.09. The number of rotatable bonds is 6. The Morgan fingerprint density at radius 1 is 1.39 bits per heavy atom. The maximum Gasteiger partial charge on any atom is 0.307 e. The van der Waals surface area contributed by atoms with Crippen LogP contribution in [0.3, 0.4) is 0 Å². The molecule has 0 radical (unpaired) electrons. The zero-order valence-corrected chi connectivity index (χ0v) is 13.0. The first-order valence-corrected chi connectivity index (χ1v) is 7.02. The van der Waals surface area contributed by atoms with Gasteiger partial charge in [-0.1, -0.05) is 13.8 Å². The SMILES string of the molecule is COc1ccc([N+](=O)[O-])cc1CNC(=O)[C@@H]1[C@H](C(=O)O)C1(C)C. The molecule has 0 spiro atoms. The monoisotopic (exact) mass is 322 g/mol. The standard InChI is InChI=1S/C15H18N2O6/c1-15(2)11(12(15)14(19)20)13(18)16-7-8-6-9(17(21)22)4-5-10(8)23-3/h4-6,11-12H,7H2,1-3H3,(H,16,18)(H,19,20)/t11-,12+/m0/s1. The van der Waals surface area contributed by atoms with Crippen LogP contribution in [-0.2, 0) is 16.1 Å². The second kappa shape index (κ2) is 5.86. The molecule has 2 rings (SSSR count). The highest BCUT2D eigenvalue weighted by Crippen LogP contribution is 2.58. The molecule has 1 amide bonds. The average molecular weight is 322 g/mol. The topological polar surface area (TPSA) is 119 Å². The molecule has 2 N–H and O–H groups in total. The molecule has 2 atom stereocenters. The van der Waals surface area contributed by atoms with Crippen molar-refractivity contribution in [1.29, 1.82) is 0 Å². The summed E-state index contributed by atoms with van der Waals surface area (Å²) in [5, 5.41) is 22.6. The van der Waals surface area contributed by atoms with E-state index in [1.807, 2.05) is 0 Å². The smallest absolute Gasteiger partial charge is 0.307 e. The van der Waals surface area contributed by atoms with Crippen LogP contribution in [0.5, 0.6) is 5.75 Å². The van der Waals surface area contributed by atoms with Crippen LogP contribution in [0.25, 0.3) is 0 Å². The Hall–Kier alpha value is -2.64. The molecule has 1 aliphatic carbocycles. The molecule has 0 aromatic heterocycles. The Balaban J connectivity index is 2.09. The highest BCUT2D eigenvalue weighted by atomic mass is 16.6. The lowest BCUT2D eigenvalue weighted by Gasteiger charge is -2.10. The predicted octanol–water partition coefficient (Wildman–Crippen LogP) is 1.58. The normalized spacial score (nSPS) is 21.3. The third kappa shape index (κ3) is 3.10. The van der Waals surface area contributed by atoms with Gasteiger partial charge in [0.1, 0.15) is 5.75 Å². The van der Waals surface area contributed by atoms with Crippen molar-refractivity contribution >= 4 is 17.6 Å². The lowest BCUT2D eigenvalue weighted by Crippen LogP contribution is -2.27. The summed E-state index contributed by atoms with van der Waals surface area (Å²) in [6, 6.07) is 4.10. The van der Waals surface area contributed by atoms with Gasteiger partial charge < -0.3 is 15.2 Å². The quantitative estimate of drug-likeness (QED) is 0.606. The number of hydrogen-bond acceptors (Lipinski definition) is 5. The number of ether oxygens (including phenoxy) is 1. The summed E-state index contributed by atoms with van der Waals surface area (Å²) in [7, 11) is 1.43. The number of hydrogen-bond donors (Lipinski definition) is 2. The van der Waals surface area contributed by atoms with Gasteiger partial charge >= 0.3 is 5.97 Å². The van der Waals surface area contributed by atoms with E-state index in [-0.39, 0.29) is 18.1 Å². The van der Waals surface area contributed by atoms with E-state index < -0.39 is 28.1 Å². The summed E-state index contributed by atoms with van der Waals surface area (Å²) < 4.78 is 5.12. The fourth-order valence-corrected chi connectivity index (χ4v) is 2.90. The van der Waals surface area contributed by atoms with Crippen molar-refractivity contribution < 1.29 is 24.4 Å². The summed E-state index contributed by atoms with van der Waals surface area (Å²) in [4.78, 5) is 33.6. The molecule has 0 saturated heterocycles. The lowest BCUT2D eigenvalue weighted by atomic mass is 10.1. The number of methoxy groups -OCH3 is 1. The number of nitrogens with one attached hydrogen (secondary N) is 1. The van der Waals surface area contributed by atoms with E-state index in [4.69, 9.17) is 9.84 Å². The fraction of sp³-hybridized carbons (Fsp3) is 0.467. The van der Waals surface area contributed by atoms with E-state index in [1.165, 1.54) is 25.3 Å². The van der Waals surface area contributed by atoms with Gasteiger partial charge in [0.15, 0.2) is 0 Å². The average Bonchev–Trinajstić information content (AvgIpc) is 3.07. The zero-order valence-electron chi connectivity index (χ0n) is 13.0. The Bertz CT molecular complexity index is 670. The largest absolute Gasteiger partial charge is 0.496 e. The van der Waals surface area contributed by atoms with E-state index in [2.05, 4.69) is 5.32 Å². The van der Waals surface area contributed by atoms with Gasteiger partial charge in [0.2, 0.25) is 5.91 Å². The maximum atomic E-state index is 12.2. The van der Waals surface area contributed by atoms with E-state index in [0.717, 1.165) is 0 Å². The predicted molar refractivity (Wildman–Crippen MR) is 79.9 cm³/mol. The molecule has 23 heavy (non-hydrogen) atoms. The van der Waals surface area contributed by atoms with Crippen LogP contribution in [0.2, 0.25) is 0 Å². The second-order valence-corrected chi connectivity index (χ2v) is 6.09. The van der Waals surface area contributed by atoms with Crippen LogP contribution in [0, 0.1) is 27.4 Å². The minimum atomic E-state index is -0.997. The van der Waals surface area contributed by atoms with Crippen molar-refractivity contribution in [3.63, 3.8) is 0 Å². The summed E-state index contributed by atoms with van der Waals surface area (Å²) in [6.07, 6.45) is 0. The Kier molecular flexibility index (Phi) is 4.26. The molecule has 0 aliphatic heterocycles. The number of carboxylic acids is 1. The first kappa shape index (κ1) is 16.7. The summed E-state index contributed by atoms with van der Waals surface area (Å²) in [5.74, 6) is -2.28. The molecule has 1 saturated carbocycles. The minimum absolute atomic E-state index is 0.0304. The Morgan fingerprint density at radius 2 is 2.04 bits per heavy atom. The first-order chi connectivity index (χ1) is 10.7.